The minimum absolute atomic E-state index is 0.195. The van der Waals surface area contributed by atoms with Crippen LogP contribution in [0.25, 0.3) is 31.6 Å². The Morgan fingerprint density at radius 3 is 2.76 bits per heavy atom. The van der Waals surface area contributed by atoms with Gasteiger partial charge in [0.15, 0.2) is 0 Å². The van der Waals surface area contributed by atoms with E-state index in [2.05, 4.69) is 4.98 Å². The third-order valence-electron chi connectivity index (χ3n) is 3.47. The highest BCUT2D eigenvalue weighted by Gasteiger charge is 2.19. The Morgan fingerprint density at radius 1 is 1.10 bits per heavy atom. The zero-order chi connectivity index (χ0) is 14.6. The van der Waals surface area contributed by atoms with E-state index in [9.17, 15) is 4.79 Å². The predicted molar refractivity (Wildman–Crippen MR) is 89.4 cm³/mol. The van der Waals surface area contributed by atoms with Gasteiger partial charge in [-0.15, -0.1) is 11.3 Å². The van der Waals surface area contributed by atoms with Crippen molar-refractivity contribution >= 4 is 49.6 Å². The molecule has 5 heteroatoms. The number of rotatable bonds is 0. The van der Waals surface area contributed by atoms with Gasteiger partial charge >= 0.3 is 0 Å². The number of benzene rings is 3. The topological polar surface area (TPSA) is 56.0 Å². The molecule has 4 rings (SSSR count). The van der Waals surface area contributed by atoms with Gasteiger partial charge in [-0.25, -0.2) is 4.98 Å². The predicted octanol–water partition coefficient (Wildman–Crippen LogP) is 4.15. The van der Waals surface area contributed by atoms with Crippen molar-refractivity contribution in [1.82, 2.24) is 4.98 Å². The summed E-state index contributed by atoms with van der Waals surface area (Å²) in [7, 11) is 0. The average molecular weight is 313 g/mol. The Kier molecular flexibility index (Phi) is 2.64. The first-order valence-corrected chi connectivity index (χ1v) is 7.55. The molecule has 0 unspecified atom stereocenters. The average Bonchev–Trinajstić information content (AvgIpc) is 2.51. The lowest BCUT2D eigenvalue weighted by molar-refractivity contribution is 1.44. The molecule has 21 heavy (non-hydrogen) atoms. The van der Waals surface area contributed by atoms with E-state index in [1.807, 2.05) is 30.3 Å². The van der Waals surface area contributed by atoms with Crippen LogP contribution in [0.1, 0.15) is 0 Å². The van der Waals surface area contributed by atoms with Crippen molar-refractivity contribution in [1.29, 1.82) is 0 Å². The number of aromatic nitrogens is 1. The minimum Gasteiger partial charge on any atom is -0.399 e. The lowest BCUT2D eigenvalue weighted by Crippen LogP contribution is -2.06. The highest BCUT2D eigenvalue weighted by Crippen LogP contribution is 2.38. The van der Waals surface area contributed by atoms with Gasteiger partial charge in [0.2, 0.25) is 5.43 Å². The fourth-order valence-electron chi connectivity index (χ4n) is 2.47. The molecule has 0 bridgehead atoms. The van der Waals surface area contributed by atoms with Gasteiger partial charge in [0.05, 0.1) is 20.8 Å². The maximum absolute atomic E-state index is 12.4. The first-order valence-electron chi connectivity index (χ1n) is 6.35. The van der Waals surface area contributed by atoms with E-state index in [4.69, 9.17) is 17.3 Å². The van der Waals surface area contributed by atoms with Crippen molar-refractivity contribution in [2.45, 2.75) is 0 Å². The van der Waals surface area contributed by atoms with E-state index in [-0.39, 0.29) is 10.5 Å². The third kappa shape index (κ3) is 1.80. The smallest absolute Gasteiger partial charge is 0.206 e. The maximum Gasteiger partial charge on any atom is 0.206 e. The van der Waals surface area contributed by atoms with Crippen LogP contribution in [0.15, 0.2) is 47.3 Å². The Balaban J connectivity index is 2.31. The fourth-order valence-corrected chi connectivity index (χ4v) is 3.80. The maximum atomic E-state index is 12.4. The van der Waals surface area contributed by atoms with Gasteiger partial charge in [0.25, 0.3) is 0 Å². The molecule has 0 amide bonds. The molecule has 0 aromatic heterocycles. The van der Waals surface area contributed by atoms with Crippen molar-refractivity contribution in [3.63, 3.8) is 0 Å². The number of nitrogens with two attached hydrogens (primary N) is 1. The molecular formula is C16H9ClN2OS. The van der Waals surface area contributed by atoms with Crippen LogP contribution >= 0.6 is 22.9 Å². The standard InChI is InChI=1S/C16H9ClN2OS/c17-13-15(20)10-7-8(18)5-6-9(10)14-16(13)21-12-4-2-1-3-11(12)19-14/h1-7H,18H2. The van der Waals surface area contributed by atoms with Gasteiger partial charge in [0, 0.05) is 16.5 Å². The first-order chi connectivity index (χ1) is 10.1. The molecular weight excluding hydrogens is 304 g/mol. The highest BCUT2D eigenvalue weighted by atomic mass is 35.5. The van der Waals surface area contributed by atoms with Crippen LogP contribution in [0.4, 0.5) is 5.69 Å². The largest absolute Gasteiger partial charge is 0.399 e. The lowest BCUT2D eigenvalue weighted by atomic mass is 10.0. The van der Waals surface area contributed by atoms with Gasteiger partial charge in [-0.2, -0.15) is 0 Å². The summed E-state index contributed by atoms with van der Waals surface area (Å²) in [5.74, 6) is 0. The number of nitrogens with zero attached hydrogens (tertiary/aromatic N) is 1. The van der Waals surface area contributed by atoms with Crippen LogP contribution < -0.4 is 11.2 Å². The van der Waals surface area contributed by atoms with E-state index in [0.717, 1.165) is 26.2 Å². The fraction of sp³-hybridized carbons (Fsp3) is 0. The van der Waals surface area contributed by atoms with Gasteiger partial charge in [0.1, 0.15) is 5.02 Å². The van der Waals surface area contributed by atoms with Crippen molar-refractivity contribution in [3.05, 3.63) is 57.7 Å². The zero-order valence-corrected chi connectivity index (χ0v) is 12.3. The van der Waals surface area contributed by atoms with Gasteiger partial charge in [-0.3, -0.25) is 4.79 Å². The summed E-state index contributed by atoms with van der Waals surface area (Å²) in [6, 6.07) is 13.1. The van der Waals surface area contributed by atoms with E-state index in [1.165, 1.54) is 11.3 Å². The van der Waals surface area contributed by atoms with Crippen LogP contribution in [0.2, 0.25) is 5.02 Å². The molecule has 0 saturated heterocycles. The number of anilines is 1. The quantitative estimate of drug-likeness (QED) is 0.301. The number of para-hydroxylation sites is 1. The first kappa shape index (κ1) is 12.6. The second kappa shape index (κ2) is 4.41. The number of halogens is 1. The Morgan fingerprint density at radius 2 is 1.90 bits per heavy atom. The Hall–Kier alpha value is -2.17. The van der Waals surface area contributed by atoms with Crippen LogP contribution in [0.3, 0.4) is 0 Å². The van der Waals surface area contributed by atoms with Crippen molar-refractivity contribution in [2.75, 3.05) is 5.73 Å². The summed E-state index contributed by atoms with van der Waals surface area (Å²) in [5.41, 5.74) is 7.76. The number of hydrogen-bond donors (Lipinski definition) is 1. The zero-order valence-electron chi connectivity index (χ0n) is 10.8. The second-order valence-corrected chi connectivity index (χ2v) is 6.24. The van der Waals surface area contributed by atoms with Gasteiger partial charge in [-0.1, -0.05) is 23.7 Å². The molecule has 3 nitrogen and oxygen atoms in total. The number of hydrogen-bond acceptors (Lipinski definition) is 4. The van der Waals surface area contributed by atoms with E-state index in [0.29, 0.717) is 11.1 Å². The van der Waals surface area contributed by atoms with Gasteiger partial charge in [-0.05, 0) is 30.3 Å². The molecule has 0 atom stereocenters. The molecule has 1 aliphatic carbocycles. The molecule has 0 saturated carbocycles. The summed E-state index contributed by atoms with van der Waals surface area (Å²) >= 11 is 7.76. The molecule has 0 spiro atoms. The summed E-state index contributed by atoms with van der Waals surface area (Å²) in [5, 5.41) is 1.52. The number of fused-ring (bicyclic) bond motifs is 4. The molecule has 1 heterocycles. The molecule has 2 aliphatic rings. The van der Waals surface area contributed by atoms with Crippen LogP contribution in [0.5, 0.6) is 0 Å². The Bertz CT molecular complexity index is 1040. The molecule has 0 radical (unpaired) electrons. The molecule has 2 aromatic rings. The third-order valence-corrected chi connectivity index (χ3v) is 5.11. The van der Waals surface area contributed by atoms with E-state index < -0.39 is 0 Å². The molecule has 2 aromatic carbocycles. The van der Waals surface area contributed by atoms with Crippen molar-refractivity contribution in [3.8, 4) is 10.6 Å². The minimum atomic E-state index is -0.195. The molecule has 1 aliphatic heterocycles. The van der Waals surface area contributed by atoms with Crippen molar-refractivity contribution in [2.24, 2.45) is 0 Å². The van der Waals surface area contributed by atoms with Crippen molar-refractivity contribution < 1.29 is 0 Å². The highest BCUT2D eigenvalue weighted by molar-refractivity contribution is 7.22. The van der Waals surface area contributed by atoms with Gasteiger partial charge < -0.3 is 5.73 Å². The second-order valence-electron chi connectivity index (χ2n) is 4.81. The monoisotopic (exact) mass is 312 g/mol. The van der Waals surface area contributed by atoms with Crippen LogP contribution in [-0.4, -0.2) is 4.98 Å². The molecule has 102 valence electrons. The van der Waals surface area contributed by atoms with Crippen LogP contribution in [-0.2, 0) is 0 Å². The normalized spacial score (nSPS) is 11.5. The summed E-state index contributed by atoms with van der Waals surface area (Å²) in [6.07, 6.45) is 0. The molecule has 0 fully saturated rings. The summed E-state index contributed by atoms with van der Waals surface area (Å²) < 4.78 is 1.00. The summed E-state index contributed by atoms with van der Waals surface area (Å²) in [4.78, 5) is 17.8. The SMILES string of the molecule is Nc1ccc2c3nc4ccccc4sc-3c(Cl)c(=O)c2c1. The van der Waals surface area contributed by atoms with Crippen LogP contribution in [0, 0.1) is 0 Å². The van der Waals surface area contributed by atoms with E-state index in [1.54, 1.807) is 12.1 Å². The Labute approximate surface area is 129 Å². The number of nitrogen functional groups attached to an aromatic ring is 1. The lowest BCUT2D eigenvalue weighted by Gasteiger charge is -2.11. The summed E-state index contributed by atoms with van der Waals surface area (Å²) in [6.45, 7) is 0. The molecule has 2 N–H and O–H groups in total. The van der Waals surface area contributed by atoms with E-state index >= 15 is 0 Å².